The average Bonchev–Trinajstić information content (AvgIpc) is 3.27. The molecular weight excluding hydrogens is 404 g/mol. The van der Waals surface area contributed by atoms with Gasteiger partial charge in [0.15, 0.2) is 18.1 Å². The van der Waals surface area contributed by atoms with Crippen molar-refractivity contribution >= 4 is 17.2 Å². The molecule has 1 amide bonds. The molecular formula is C24H18N6O2. The Kier molecular flexibility index (Phi) is 5.24. The number of hydrogen-bond acceptors (Lipinski definition) is 6. The normalized spacial score (nSPS) is 10.8. The van der Waals surface area contributed by atoms with Crippen LogP contribution in [0.15, 0.2) is 91.3 Å². The number of nitrogens with zero attached hydrogens (tertiary/aromatic N) is 5. The van der Waals surface area contributed by atoms with Crippen molar-refractivity contribution in [2.45, 2.75) is 0 Å². The average molecular weight is 422 g/mol. The summed E-state index contributed by atoms with van der Waals surface area (Å²) in [6.45, 7) is -0.0758. The van der Waals surface area contributed by atoms with E-state index in [4.69, 9.17) is 9.84 Å². The van der Waals surface area contributed by atoms with Gasteiger partial charge in [0.05, 0.1) is 5.69 Å². The second kappa shape index (κ2) is 8.65. The third kappa shape index (κ3) is 4.15. The molecule has 1 N–H and O–H groups in total. The Hall–Kier alpha value is -4.59. The monoisotopic (exact) mass is 422 g/mol. The number of ether oxygens (including phenoxy) is 1. The minimum atomic E-state index is -0.243. The highest BCUT2D eigenvalue weighted by atomic mass is 16.5. The van der Waals surface area contributed by atoms with E-state index in [1.54, 1.807) is 29.0 Å². The van der Waals surface area contributed by atoms with Gasteiger partial charge in [-0.15, -0.1) is 10.2 Å². The molecule has 3 aromatic heterocycles. The lowest BCUT2D eigenvalue weighted by Crippen LogP contribution is -2.20. The first-order valence-corrected chi connectivity index (χ1v) is 9.97. The Labute approximate surface area is 183 Å². The van der Waals surface area contributed by atoms with E-state index in [1.807, 2.05) is 66.7 Å². The second-order valence-electron chi connectivity index (χ2n) is 6.98. The van der Waals surface area contributed by atoms with Gasteiger partial charge in [0, 0.05) is 29.2 Å². The topological polar surface area (TPSA) is 94.3 Å². The summed E-state index contributed by atoms with van der Waals surface area (Å²) in [6.07, 6.45) is 3.43. The Morgan fingerprint density at radius 2 is 1.78 bits per heavy atom. The van der Waals surface area contributed by atoms with Gasteiger partial charge in [-0.3, -0.25) is 9.78 Å². The van der Waals surface area contributed by atoms with Crippen molar-refractivity contribution < 1.29 is 9.53 Å². The summed E-state index contributed by atoms with van der Waals surface area (Å²) < 4.78 is 7.19. The fraction of sp³-hybridized carbons (Fsp3) is 0.0417. The van der Waals surface area contributed by atoms with Crippen LogP contribution in [0.2, 0.25) is 0 Å². The van der Waals surface area contributed by atoms with Crippen LogP contribution in [-0.4, -0.2) is 37.3 Å². The molecule has 2 aromatic carbocycles. The van der Waals surface area contributed by atoms with Crippen molar-refractivity contribution in [1.82, 2.24) is 24.8 Å². The van der Waals surface area contributed by atoms with Gasteiger partial charge < -0.3 is 10.1 Å². The molecule has 8 nitrogen and oxygen atoms in total. The molecule has 0 radical (unpaired) electrons. The molecule has 0 aliphatic carbocycles. The van der Waals surface area contributed by atoms with E-state index in [0.717, 1.165) is 16.8 Å². The van der Waals surface area contributed by atoms with Crippen molar-refractivity contribution in [3.63, 3.8) is 0 Å². The van der Waals surface area contributed by atoms with Crippen molar-refractivity contribution in [3.05, 3.63) is 91.3 Å². The fourth-order valence-electron chi connectivity index (χ4n) is 3.24. The highest BCUT2D eigenvalue weighted by molar-refractivity contribution is 5.92. The summed E-state index contributed by atoms with van der Waals surface area (Å²) >= 11 is 0. The zero-order valence-corrected chi connectivity index (χ0v) is 16.9. The number of fused-ring (bicyclic) bond motifs is 1. The van der Waals surface area contributed by atoms with Crippen molar-refractivity contribution in [2.24, 2.45) is 0 Å². The molecule has 156 valence electrons. The number of para-hydroxylation sites is 1. The zero-order valence-electron chi connectivity index (χ0n) is 16.9. The maximum absolute atomic E-state index is 12.3. The van der Waals surface area contributed by atoms with Crippen LogP contribution in [0.5, 0.6) is 5.75 Å². The minimum Gasteiger partial charge on any atom is -0.484 e. The number of benzene rings is 2. The molecule has 32 heavy (non-hydrogen) atoms. The van der Waals surface area contributed by atoms with E-state index in [9.17, 15) is 4.79 Å². The third-order valence-corrected chi connectivity index (χ3v) is 4.74. The van der Waals surface area contributed by atoms with Crippen molar-refractivity contribution in [1.29, 1.82) is 0 Å². The Bertz CT molecular complexity index is 1370. The maximum Gasteiger partial charge on any atom is 0.262 e. The molecule has 5 aromatic rings. The predicted molar refractivity (Wildman–Crippen MR) is 120 cm³/mol. The predicted octanol–water partition coefficient (Wildman–Crippen LogP) is 3.87. The number of hydrogen-bond donors (Lipinski definition) is 1. The number of carbonyl (C=O) groups is 1. The van der Waals surface area contributed by atoms with Crippen LogP contribution in [0, 0.1) is 0 Å². The van der Waals surface area contributed by atoms with E-state index in [0.29, 0.717) is 22.9 Å². The minimum absolute atomic E-state index is 0.0758. The fourth-order valence-corrected chi connectivity index (χ4v) is 3.24. The van der Waals surface area contributed by atoms with Crippen LogP contribution in [0.3, 0.4) is 0 Å². The number of rotatable bonds is 6. The van der Waals surface area contributed by atoms with Crippen molar-refractivity contribution in [3.8, 4) is 28.4 Å². The number of nitrogens with one attached hydrogen (secondary N) is 1. The van der Waals surface area contributed by atoms with E-state index in [1.165, 1.54) is 0 Å². The standard InChI is InChI=1S/C24H18N6O2/c31-23(16-32-20-9-2-1-3-10-20)26-19-8-4-6-17(14-19)21-11-12-22-27-28-24(30(22)29-21)18-7-5-13-25-15-18/h1-15H,16H2,(H,26,31). The number of anilines is 1. The van der Waals surface area contributed by atoms with Crippen LogP contribution < -0.4 is 10.1 Å². The molecule has 0 aliphatic heterocycles. The Balaban J connectivity index is 1.36. The lowest BCUT2D eigenvalue weighted by Gasteiger charge is -2.09. The van der Waals surface area contributed by atoms with Crippen LogP contribution >= 0.6 is 0 Å². The van der Waals surface area contributed by atoms with Crippen LogP contribution in [0.1, 0.15) is 0 Å². The highest BCUT2D eigenvalue weighted by Crippen LogP contribution is 2.23. The molecule has 5 rings (SSSR count). The number of amides is 1. The molecule has 0 atom stereocenters. The molecule has 0 unspecified atom stereocenters. The first-order valence-electron chi connectivity index (χ1n) is 9.97. The molecule has 0 saturated carbocycles. The Morgan fingerprint density at radius 1 is 0.906 bits per heavy atom. The number of pyridine rings is 1. The van der Waals surface area contributed by atoms with Crippen LogP contribution in [0.4, 0.5) is 5.69 Å². The molecule has 0 aliphatic rings. The van der Waals surface area contributed by atoms with Gasteiger partial charge in [-0.05, 0) is 48.5 Å². The smallest absolute Gasteiger partial charge is 0.262 e. The number of aromatic nitrogens is 5. The van der Waals surface area contributed by atoms with Gasteiger partial charge in [-0.1, -0.05) is 30.3 Å². The van der Waals surface area contributed by atoms with E-state index in [2.05, 4.69) is 20.5 Å². The maximum atomic E-state index is 12.3. The zero-order chi connectivity index (χ0) is 21.8. The summed E-state index contributed by atoms with van der Waals surface area (Å²) in [5, 5.41) is 16.0. The quantitative estimate of drug-likeness (QED) is 0.446. The largest absolute Gasteiger partial charge is 0.484 e. The van der Waals surface area contributed by atoms with E-state index < -0.39 is 0 Å². The van der Waals surface area contributed by atoms with E-state index in [-0.39, 0.29) is 12.5 Å². The van der Waals surface area contributed by atoms with Gasteiger partial charge >= 0.3 is 0 Å². The third-order valence-electron chi connectivity index (χ3n) is 4.74. The second-order valence-corrected chi connectivity index (χ2v) is 6.98. The summed E-state index contributed by atoms with van der Waals surface area (Å²) in [5.41, 5.74) is 3.68. The highest BCUT2D eigenvalue weighted by Gasteiger charge is 2.11. The van der Waals surface area contributed by atoms with Gasteiger partial charge in [-0.25, -0.2) is 0 Å². The summed E-state index contributed by atoms with van der Waals surface area (Å²) in [4.78, 5) is 16.4. The van der Waals surface area contributed by atoms with Crippen LogP contribution in [0.25, 0.3) is 28.3 Å². The van der Waals surface area contributed by atoms with Crippen molar-refractivity contribution in [2.75, 3.05) is 11.9 Å². The summed E-state index contributed by atoms with van der Waals surface area (Å²) in [5.74, 6) is 1.01. The van der Waals surface area contributed by atoms with E-state index >= 15 is 0 Å². The molecule has 0 bridgehead atoms. The van der Waals surface area contributed by atoms with Gasteiger partial charge in [-0.2, -0.15) is 9.61 Å². The first-order chi connectivity index (χ1) is 15.8. The van der Waals surface area contributed by atoms with Gasteiger partial charge in [0.2, 0.25) is 0 Å². The van der Waals surface area contributed by atoms with Gasteiger partial charge in [0.25, 0.3) is 5.91 Å². The summed E-state index contributed by atoms with van der Waals surface area (Å²) in [7, 11) is 0. The first kappa shape index (κ1) is 19.4. The Morgan fingerprint density at radius 3 is 2.62 bits per heavy atom. The molecule has 8 heteroatoms. The molecule has 0 spiro atoms. The van der Waals surface area contributed by atoms with Gasteiger partial charge in [0.1, 0.15) is 5.75 Å². The molecule has 3 heterocycles. The lowest BCUT2D eigenvalue weighted by atomic mass is 10.1. The van der Waals surface area contributed by atoms with Crippen LogP contribution in [-0.2, 0) is 4.79 Å². The molecule has 0 saturated heterocycles. The summed E-state index contributed by atoms with van der Waals surface area (Å²) in [6, 6.07) is 24.2. The molecule has 0 fully saturated rings. The SMILES string of the molecule is O=C(COc1ccccc1)Nc1cccc(-c2ccc3nnc(-c4cccnc4)n3n2)c1. The number of carbonyl (C=O) groups excluding carboxylic acids is 1. The lowest BCUT2D eigenvalue weighted by molar-refractivity contribution is -0.118.